The van der Waals surface area contributed by atoms with Crippen LogP contribution in [-0.4, -0.2) is 37.0 Å². The predicted molar refractivity (Wildman–Crippen MR) is 102 cm³/mol. The maximum Gasteiger partial charge on any atom is 0.338 e. The Hall–Kier alpha value is -3.68. The van der Waals surface area contributed by atoms with Gasteiger partial charge in [-0.15, -0.1) is 0 Å². The van der Waals surface area contributed by atoms with Crippen LogP contribution in [0.2, 0.25) is 0 Å². The fourth-order valence-corrected chi connectivity index (χ4v) is 2.78. The van der Waals surface area contributed by atoms with Gasteiger partial charge in [0.2, 0.25) is 5.91 Å². The Labute approximate surface area is 161 Å². The molecule has 1 aliphatic heterocycles. The van der Waals surface area contributed by atoms with Crippen molar-refractivity contribution in [2.45, 2.75) is 12.8 Å². The van der Waals surface area contributed by atoms with Crippen LogP contribution in [0, 0.1) is 0 Å². The summed E-state index contributed by atoms with van der Waals surface area (Å²) >= 11 is 0. The van der Waals surface area contributed by atoms with Crippen molar-refractivity contribution in [1.29, 1.82) is 0 Å². The van der Waals surface area contributed by atoms with Gasteiger partial charge in [-0.3, -0.25) is 14.9 Å². The summed E-state index contributed by atoms with van der Waals surface area (Å²) in [6.07, 6.45) is 1.26. The zero-order valence-electron chi connectivity index (χ0n) is 15.0. The summed E-state index contributed by atoms with van der Waals surface area (Å²) in [5.74, 6) is -1.46. The smallest absolute Gasteiger partial charge is 0.338 e. The minimum absolute atomic E-state index is 0.00863. The highest BCUT2D eigenvalue weighted by Crippen LogP contribution is 2.22. The first-order valence-corrected chi connectivity index (χ1v) is 8.76. The number of hydrogen-bond donors (Lipinski definition) is 2. The van der Waals surface area contributed by atoms with Crippen LogP contribution in [0.4, 0.5) is 16.2 Å². The topological polar surface area (TPSA) is 105 Å². The predicted octanol–water partition coefficient (Wildman–Crippen LogP) is 2.32. The van der Waals surface area contributed by atoms with E-state index >= 15 is 0 Å². The average Bonchev–Trinajstić information content (AvgIpc) is 3.13. The number of amides is 4. The second kappa shape index (κ2) is 8.81. The maximum atomic E-state index is 12.2. The Morgan fingerprint density at radius 3 is 2.54 bits per heavy atom. The highest BCUT2D eigenvalue weighted by Gasteiger charge is 2.22. The number of esters is 1. The summed E-state index contributed by atoms with van der Waals surface area (Å²) in [5.41, 5.74) is 1.36. The lowest BCUT2D eigenvalue weighted by Crippen LogP contribution is -2.37. The van der Waals surface area contributed by atoms with Crippen molar-refractivity contribution in [3.63, 3.8) is 0 Å². The lowest BCUT2D eigenvalue weighted by Gasteiger charge is -2.16. The molecule has 0 atom stereocenters. The zero-order valence-corrected chi connectivity index (χ0v) is 15.0. The molecule has 8 heteroatoms. The Morgan fingerprint density at radius 2 is 1.82 bits per heavy atom. The molecule has 0 radical (unpaired) electrons. The second-order valence-electron chi connectivity index (χ2n) is 6.14. The first-order valence-electron chi connectivity index (χ1n) is 8.76. The third kappa shape index (κ3) is 4.94. The molecule has 1 heterocycles. The van der Waals surface area contributed by atoms with Gasteiger partial charge in [0.05, 0.1) is 5.56 Å². The molecule has 2 aromatic rings. The van der Waals surface area contributed by atoms with Gasteiger partial charge in [-0.1, -0.05) is 24.3 Å². The van der Waals surface area contributed by atoms with Crippen LogP contribution >= 0.6 is 0 Å². The van der Waals surface area contributed by atoms with Gasteiger partial charge in [0.25, 0.3) is 5.91 Å². The van der Waals surface area contributed by atoms with Crippen molar-refractivity contribution in [2.75, 3.05) is 23.4 Å². The molecule has 0 aliphatic carbocycles. The molecule has 4 amide bonds. The Bertz CT molecular complexity index is 898. The number of hydrogen-bond acceptors (Lipinski definition) is 5. The normalized spacial score (nSPS) is 13.1. The van der Waals surface area contributed by atoms with Gasteiger partial charge in [-0.05, 0) is 36.8 Å². The number of carbonyl (C=O) groups excluding carboxylic acids is 4. The van der Waals surface area contributed by atoms with Crippen LogP contribution in [0.1, 0.15) is 23.2 Å². The Balaban J connectivity index is 1.50. The van der Waals surface area contributed by atoms with Gasteiger partial charge in [0.15, 0.2) is 6.61 Å². The number of nitrogens with one attached hydrogen (secondary N) is 2. The van der Waals surface area contributed by atoms with Crippen LogP contribution in [0.25, 0.3) is 0 Å². The van der Waals surface area contributed by atoms with Gasteiger partial charge >= 0.3 is 12.0 Å². The fraction of sp³-hybridized carbons (Fsp3) is 0.200. The monoisotopic (exact) mass is 381 g/mol. The number of imide groups is 1. The lowest BCUT2D eigenvalue weighted by molar-refractivity contribution is -0.123. The minimum Gasteiger partial charge on any atom is -0.452 e. The van der Waals surface area contributed by atoms with E-state index in [1.54, 1.807) is 53.4 Å². The van der Waals surface area contributed by atoms with Crippen molar-refractivity contribution in [2.24, 2.45) is 0 Å². The molecule has 1 aliphatic rings. The number of urea groups is 1. The van der Waals surface area contributed by atoms with Crippen molar-refractivity contribution >= 4 is 35.2 Å². The number of nitrogens with zero attached hydrogens (tertiary/aromatic N) is 1. The number of rotatable bonds is 5. The molecule has 1 fully saturated rings. The number of anilines is 2. The van der Waals surface area contributed by atoms with E-state index in [-0.39, 0.29) is 11.5 Å². The van der Waals surface area contributed by atoms with Crippen LogP contribution < -0.4 is 15.5 Å². The van der Waals surface area contributed by atoms with Crippen LogP contribution in [0.15, 0.2) is 54.6 Å². The lowest BCUT2D eigenvalue weighted by atomic mass is 10.2. The first kappa shape index (κ1) is 19.1. The largest absolute Gasteiger partial charge is 0.452 e. The number of benzene rings is 2. The van der Waals surface area contributed by atoms with Gasteiger partial charge in [-0.2, -0.15) is 0 Å². The molecule has 144 valence electrons. The molecule has 2 N–H and O–H groups in total. The summed E-state index contributed by atoms with van der Waals surface area (Å²) in [7, 11) is 0. The highest BCUT2D eigenvalue weighted by molar-refractivity contribution is 6.02. The molecule has 0 aromatic heterocycles. The second-order valence-corrected chi connectivity index (χ2v) is 6.14. The van der Waals surface area contributed by atoms with Crippen LogP contribution in [0.3, 0.4) is 0 Å². The van der Waals surface area contributed by atoms with E-state index < -0.39 is 24.5 Å². The molecule has 0 spiro atoms. The van der Waals surface area contributed by atoms with E-state index in [1.807, 2.05) is 0 Å². The Kier molecular flexibility index (Phi) is 6.01. The molecule has 0 saturated carbocycles. The third-order valence-electron chi connectivity index (χ3n) is 4.09. The molecule has 2 aromatic carbocycles. The van der Waals surface area contributed by atoms with Gasteiger partial charge in [0, 0.05) is 24.3 Å². The zero-order chi connectivity index (χ0) is 19.9. The SMILES string of the molecule is O=C(COC(=O)c1cccc(N2CCCC2=O)c1)NC(=O)Nc1ccccc1. The van der Waals surface area contributed by atoms with E-state index in [2.05, 4.69) is 10.6 Å². The van der Waals surface area contributed by atoms with Gasteiger partial charge < -0.3 is 15.0 Å². The van der Waals surface area contributed by atoms with Crippen molar-refractivity contribution in [1.82, 2.24) is 5.32 Å². The van der Waals surface area contributed by atoms with Crippen LogP contribution in [-0.2, 0) is 14.3 Å². The van der Waals surface area contributed by atoms with E-state index in [4.69, 9.17) is 4.74 Å². The van der Waals surface area contributed by atoms with Crippen molar-refractivity contribution < 1.29 is 23.9 Å². The molecular weight excluding hydrogens is 362 g/mol. The summed E-state index contributed by atoms with van der Waals surface area (Å²) in [6.45, 7) is 0.00415. The number of para-hydroxylation sites is 1. The summed E-state index contributed by atoms with van der Waals surface area (Å²) in [5, 5.41) is 4.56. The minimum atomic E-state index is -0.757. The van der Waals surface area contributed by atoms with Gasteiger partial charge in [0.1, 0.15) is 0 Å². The molecule has 1 saturated heterocycles. The number of carbonyl (C=O) groups is 4. The van der Waals surface area contributed by atoms with Crippen molar-refractivity contribution in [3.8, 4) is 0 Å². The van der Waals surface area contributed by atoms with Crippen LogP contribution in [0.5, 0.6) is 0 Å². The maximum absolute atomic E-state index is 12.2. The van der Waals surface area contributed by atoms with Crippen molar-refractivity contribution in [3.05, 3.63) is 60.2 Å². The number of ether oxygens (including phenoxy) is 1. The highest BCUT2D eigenvalue weighted by atomic mass is 16.5. The summed E-state index contributed by atoms with van der Waals surface area (Å²) < 4.78 is 4.95. The Morgan fingerprint density at radius 1 is 1.04 bits per heavy atom. The molecule has 28 heavy (non-hydrogen) atoms. The molecule has 0 bridgehead atoms. The van der Waals surface area contributed by atoms with Gasteiger partial charge in [-0.25, -0.2) is 9.59 Å². The average molecular weight is 381 g/mol. The molecule has 0 unspecified atom stereocenters. The third-order valence-corrected chi connectivity index (χ3v) is 4.09. The standard InChI is InChI=1S/C20H19N3O5/c24-17(22-20(27)21-15-7-2-1-3-8-15)13-28-19(26)14-6-4-9-16(12-14)23-11-5-10-18(23)25/h1-4,6-9,12H,5,10-11,13H2,(H2,21,22,24,27). The summed E-state index contributed by atoms with van der Waals surface area (Å²) in [6, 6.07) is 14.4. The van der Waals surface area contributed by atoms with E-state index in [0.29, 0.717) is 24.3 Å². The van der Waals surface area contributed by atoms with E-state index in [9.17, 15) is 19.2 Å². The quantitative estimate of drug-likeness (QED) is 0.774. The first-order chi connectivity index (χ1) is 13.5. The summed E-state index contributed by atoms with van der Waals surface area (Å²) in [4.78, 5) is 49.1. The molecule has 3 rings (SSSR count). The van der Waals surface area contributed by atoms with E-state index in [1.165, 1.54) is 6.07 Å². The van der Waals surface area contributed by atoms with E-state index in [0.717, 1.165) is 6.42 Å². The molecule has 8 nitrogen and oxygen atoms in total. The fourth-order valence-electron chi connectivity index (χ4n) is 2.78. The molecular formula is C20H19N3O5.